The monoisotopic (exact) mass is 282 g/mol. The number of rotatable bonds is 4. The maximum absolute atomic E-state index is 12.1. The van der Waals surface area contributed by atoms with Crippen molar-refractivity contribution in [2.75, 3.05) is 6.61 Å². The molecule has 0 aromatic heterocycles. The highest BCUT2D eigenvalue weighted by molar-refractivity contribution is 5.81. The van der Waals surface area contributed by atoms with Gasteiger partial charge in [0.05, 0.1) is 0 Å². The third kappa shape index (κ3) is 3.43. The Hall–Kier alpha value is -2.29. The Bertz CT molecular complexity index is 631. The molecule has 1 heterocycles. The van der Waals surface area contributed by atoms with Crippen LogP contribution in [0, 0.1) is 6.92 Å². The summed E-state index contributed by atoms with van der Waals surface area (Å²) in [6.07, 6.45) is 0.627. The number of carbonyl (C=O) groups is 1. The molecule has 1 aliphatic rings. The lowest BCUT2D eigenvalue weighted by Gasteiger charge is -2.26. The average Bonchev–Trinajstić information content (AvgIpc) is 2.49. The van der Waals surface area contributed by atoms with Crippen molar-refractivity contribution in [3.8, 4) is 11.5 Å². The molecule has 1 atom stereocenters. The Morgan fingerprint density at radius 3 is 2.57 bits per heavy atom. The van der Waals surface area contributed by atoms with E-state index in [1.807, 2.05) is 55.5 Å². The molecule has 108 valence electrons. The number of aryl methyl sites for hydroxylation is 1. The zero-order chi connectivity index (χ0) is 14.7. The molecule has 2 aromatic carbocycles. The minimum Gasteiger partial charge on any atom is -0.486 e. The molecule has 1 aliphatic heterocycles. The molecule has 0 N–H and O–H groups in total. The summed E-state index contributed by atoms with van der Waals surface area (Å²) >= 11 is 0. The summed E-state index contributed by atoms with van der Waals surface area (Å²) in [5.74, 6) is 1.64. The first kappa shape index (κ1) is 13.7. The molecule has 2 aromatic rings. The molecular weight excluding hydrogens is 264 g/mol. The van der Waals surface area contributed by atoms with Gasteiger partial charge >= 0.3 is 0 Å². The molecule has 3 rings (SSSR count). The SMILES string of the molecule is Cc1ccc(CC(=O)CC2COc3ccccc3O2)cc1. The van der Waals surface area contributed by atoms with Gasteiger partial charge in [-0.3, -0.25) is 4.79 Å². The van der Waals surface area contributed by atoms with Gasteiger partial charge in [-0.15, -0.1) is 0 Å². The quantitative estimate of drug-likeness (QED) is 0.862. The van der Waals surface area contributed by atoms with Gasteiger partial charge in [0.15, 0.2) is 11.5 Å². The minimum atomic E-state index is -0.196. The van der Waals surface area contributed by atoms with E-state index in [0.29, 0.717) is 19.4 Å². The second-order valence-corrected chi connectivity index (χ2v) is 5.40. The summed E-state index contributed by atoms with van der Waals surface area (Å²) in [4.78, 5) is 12.1. The van der Waals surface area contributed by atoms with Gasteiger partial charge < -0.3 is 9.47 Å². The largest absolute Gasteiger partial charge is 0.486 e. The lowest BCUT2D eigenvalue weighted by Crippen LogP contribution is -2.31. The predicted octanol–water partition coefficient (Wildman–Crippen LogP) is 3.34. The van der Waals surface area contributed by atoms with Gasteiger partial charge in [0, 0.05) is 12.8 Å². The maximum Gasteiger partial charge on any atom is 0.161 e. The summed E-state index contributed by atoms with van der Waals surface area (Å²) in [6, 6.07) is 15.6. The number of hydrogen-bond acceptors (Lipinski definition) is 3. The molecular formula is C18H18O3. The zero-order valence-corrected chi connectivity index (χ0v) is 12.0. The molecule has 0 fully saturated rings. The van der Waals surface area contributed by atoms with Crippen LogP contribution in [-0.2, 0) is 11.2 Å². The van der Waals surface area contributed by atoms with E-state index < -0.39 is 0 Å². The lowest BCUT2D eigenvalue weighted by molar-refractivity contribution is -0.120. The highest BCUT2D eigenvalue weighted by Crippen LogP contribution is 2.31. The smallest absolute Gasteiger partial charge is 0.161 e. The Morgan fingerprint density at radius 2 is 1.81 bits per heavy atom. The zero-order valence-electron chi connectivity index (χ0n) is 12.0. The predicted molar refractivity (Wildman–Crippen MR) is 80.9 cm³/mol. The van der Waals surface area contributed by atoms with E-state index in [2.05, 4.69) is 0 Å². The van der Waals surface area contributed by atoms with E-state index in [1.165, 1.54) is 5.56 Å². The van der Waals surface area contributed by atoms with Crippen LogP contribution < -0.4 is 9.47 Å². The van der Waals surface area contributed by atoms with Crippen molar-refractivity contribution in [1.29, 1.82) is 0 Å². The van der Waals surface area contributed by atoms with Crippen molar-refractivity contribution in [3.05, 3.63) is 59.7 Å². The Balaban J connectivity index is 1.57. The number of ketones is 1. The van der Waals surface area contributed by atoms with E-state index in [9.17, 15) is 4.79 Å². The van der Waals surface area contributed by atoms with Crippen LogP contribution in [0.15, 0.2) is 48.5 Å². The van der Waals surface area contributed by atoms with Gasteiger partial charge in [0.2, 0.25) is 0 Å². The number of carbonyl (C=O) groups excluding carboxylic acids is 1. The van der Waals surface area contributed by atoms with E-state index in [1.54, 1.807) is 0 Å². The summed E-state index contributed by atoms with van der Waals surface area (Å²) in [5.41, 5.74) is 2.24. The number of ether oxygens (including phenoxy) is 2. The van der Waals surface area contributed by atoms with Gasteiger partial charge in [0.1, 0.15) is 18.5 Å². The Kier molecular flexibility index (Phi) is 3.91. The second kappa shape index (κ2) is 6.00. The molecule has 0 aliphatic carbocycles. The molecule has 21 heavy (non-hydrogen) atoms. The number of para-hydroxylation sites is 2. The molecule has 0 bridgehead atoms. The highest BCUT2D eigenvalue weighted by atomic mass is 16.6. The Morgan fingerprint density at radius 1 is 1.10 bits per heavy atom. The first-order chi connectivity index (χ1) is 10.2. The van der Waals surface area contributed by atoms with Crippen molar-refractivity contribution in [2.45, 2.75) is 25.9 Å². The molecule has 0 radical (unpaired) electrons. The van der Waals surface area contributed by atoms with Crippen LogP contribution in [0.5, 0.6) is 11.5 Å². The molecule has 3 heteroatoms. The highest BCUT2D eigenvalue weighted by Gasteiger charge is 2.23. The first-order valence-corrected chi connectivity index (χ1v) is 7.16. The average molecular weight is 282 g/mol. The van der Waals surface area contributed by atoms with Crippen LogP contribution in [-0.4, -0.2) is 18.5 Å². The fraction of sp³-hybridized carbons (Fsp3) is 0.278. The summed E-state index contributed by atoms with van der Waals surface area (Å²) < 4.78 is 11.4. The fourth-order valence-electron chi connectivity index (χ4n) is 2.42. The lowest BCUT2D eigenvalue weighted by atomic mass is 10.0. The van der Waals surface area contributed by atoms with Crippen LogP contribution >= 0.6 is 0 Å². The summed E-state index contributed by atoms with van der Waals surface area (Å²) in [6.45, 7) is 2.47. The molecule has 1 unspecified atom stereocenters. The Labute approximate surface area is 124 Å². The van der Waals surface area contributed by atoms with Gasteiger partial charge in [-0.1, -0.05) is 42.0 Å². The van der Waals surface area contributed by atoms with Gasteiger partial charge in [-0.2, -0.15) is 0 Å². The third-order valence-corrected chi connectivity index (χ3v) is 3.54. The normalized spacial score (nSPS) is 16.5. The van der Waals surface area contributed by atoms with E-state index in [-0.39, 0.29) is 11.9 Å². The van der Waals surface area contributed by atoms with Crippen LogP contribution in [0.4, 0.5) is 0 Å². The number of fused-ring (bicyclic) bond motifs is 1. The number of Topliss-reactive ketones (excluding diaryl/α,β-unsaturated/α-hetero) is 1. The van der Waals surface area contributed by atoms with Crippen molar-refractivity contribution in [3.63, 3.8) is 0 Å². The standard InChI is InChI=1S/C18H18O3/c1-13-6-8-14(9-7-13)10-15(19)11-16-12-20-17-4-2-3-5-18(17)21-16/h2-9,16H,10-12H2,1H3. The number of hydrogen-bond donors (Lipinski definition) is 0. The van der Waals surface area contributed by atoms with Crippen molar-refractivity contribution < 1.29 is 14.3 Å². The van der Waals surface area contributed by atoms with Crippen LogP contribution in [0.2, 0.25) is 0 Å². The van der Waals surface area contributed by atoms with Crippen molar-refractivity contribution >= 4 is 5.78 Å². The van der Waals surface area contributed by atoms with Crippen LogP contribution in [0.3, 0.4) is 0 Å². The molecule has 0 saturated carbocycles. The van der Waals surface area contributed by atoms with Gasteiger partial charge in [-0.25, -0.2) is 0 Å². The van der Waals surface area contributed by atoms with Crippen molar-refractivity contribution in [2.24, 2.45) is 0 Å². The molecule has 3 nitrogen and oxygen atoms in total. The van der Waals surface area contributed by atoms with Crippen LogP contribution in [0.1, 0.15) is 17.5 Å². The first-order valence-electron chi connectivity index (χ1n) is 7.16. The summed E-state index contributed by atoms with van der Waals surface area (Å²) in [7, 11) is 0. The fourth-order valence-corrected chi connectivity index (χ4v) is 2.42. The van der Waals surface area contributed by atoms with E-state index in [4.69, 9.17) is 9.47 Å². The van der Waals surface area contributed by atoms with Crippen LogP contribution in [0.25, 0.3) is 0 Å². The van der Waals surface area contributed by atoms with E-state index >= 15 is 0 Å². The summed E-state index contributed by atoms with van der Waals surface area (Å²) in [5, 5.41) is 0. The topological polar surface area (TPSA) is 35.5 Å². The maximum atomic E-state index is 12.1. The minimum absolute atomic E-state index is 0.173. The third-order valence-electron chi connectivity index (χ3n) is 3.54. The van der Waals surface area contributed by atoms with Gasteiger partial charge in [-0.05, 0) is 24.6 Å². The van der Waals surface area contributed by atoms with Crippen molar-refractivity contribution in [1.82, 2.24) is 0 Å². The number of benzene rings is 2. The molecule has 0 spiro atoms. The molecule has 0 saturated heterocycles. The van der Waals surface area contributed by atoms with Gasteiger partial charge in [0.25, 0.3) is 0 Å². The molecule has 0 amide bonds. The van der Waals surface area contributed by atoms with E-state index in [0.717, 1.165) is 17.1 Å². The second-order valence-electron chi connectivity index (χ2n) is 5.40.